The zero-order valence-corrected chi connectivity index (χ0v) is 16.8. The highest BCUT2D eigenvalue weighted by Crippen LogP contribution is 2.20. The number of hydrogen-bond acceptors (Lipinski definition) is 6. The van der Waals surface area contributed by atoms with Crippen molar-refractivity contribution in [3.63, 3.8) is 0 Å². The van der Waals surface area contributed by atoms with Crippen molar-refractivity contribution in [1.29, 1.82) is 0 Å². The predicted molar refractivity (Wildman–Crippen MR) is 111 cm³/mol. The molecular weight excluding hydrogens is 402 g/mol. The summed E-state index contributed by atoms with van der Waals surface area (Å²) < 4.78 is 27.0. The van der Waals surface area contributed by atoms with Crippen molar-refractivity contribution in [2.24, 2.45) is 0 Å². The van der Waals surface area contributed by atoms with Gasteiger partial charge in [-0.1, -0.05) is 12.1 Å². The molecule has 1 amide bonds. The third-order valence-corrected chi connectivity index (χ3v) is 6.40. The summed E-state index contributed by atoms with van der Waals surface area (Å²) in [7, 11) is -3.71. The molecule has 1 aromatic heterocycles. The number of hydrogen-bond donors (Lipinski definition) is 2. The van der Waals surface area contributed by atoms with Crippen molar-refractivity contribution < 1.29 is 13.2 Å². The van der Waals surface area contributed by atoms with Crippen molar-refractivity contribution in [2.75, 3.05) is 16.3 Å². The molecule has 0 spiro atoms. The first-order valence-corrected chi connectivity index (χ1v) is 11.7. The van der Waals surface area contributed by atoms with Gasteiger partial charge in [0.15, 0.2) is 5.13 Å². The van der Waals surface area contributed by atoms with E-state index in [1.807, 2.05) is 18.4 Å². The van der Waals surface area contributed by atoms with Crippen LogP contribution in [0.4, 0.5) is 10.8 Å². The van der Waals surface area contributed by atoms with Crippen LogP contribution in [0.25, 0.3) is 0 Å². The Morgan fingerprint density at radius 2 is 1.81 bits per heavy atom. The molecule has 1 heterocycles. The average molecular weight is 420 g/mol. The van der Waals surface area contributed by atoms with Gasteiger partial charge >= 0.3 is 0 Å². The maximum Gasteiger partial charge on any atom is 0.263 e. The van der Waals surface area contributed by atoms with E-state index in [1.54, 1.807) is 41.4 Å². The number of amides is 1. The highest BCUT2D eigenvalue weighted by molar-refractivity contribution is 7.97. The summed E-state index contributed by atoms with van der Waals surface area (Å²) in [6, 6.07) is 13.4. The van der Waals surface area contributed by atoms with Gasteiger partial charge in [0.2, 0.25) is 0 Å². The molecule has 0 aliphatic rings. The number of aromatic nitrogens is 1. The number of carbonyl (C=O) groups excluding carboxylic acids is 1. The van der Waals surface area contributed by atoms with Crippen molar-refractivity contribution in [2.45, 2.75) is 10.6 Å². The summed E-state index contributed by atoms with van der Waals surface area (Å²) in [5.74, 6) is 0.648. The van der Waals surface area contributed by atoms with E-state index in [1.165, 1.54) is 29.7 Å². The molecule has 140 valence electrons. The Hall–Kier alpha value is -2.36. The summed E-state index contributed by atoms with van der Waals surface area (Å²) >= 11 is 2.92. The second-order valence-corrected chi connectivity index (χ2v) is 8.99. The monoisotopic (exact) mass is 419 g/mol. The van der Waals surface area contributed by atoms with Crippen molar-refractivity contribution in [3.8, 4) is 0 Å². The summed E-state index contributed by atoms with van der Waals surface area (Å²) in [6.45, 7) is 0. The van der Waals surface area contributed by atoms with Gasteiger partial charge in [0.1, 0.15) is 0 Å². The Kier molecular flexibility index (Phi) is 6.15. The molecule has 0 fully saturated rings. The van der Waals surface area contributed by atoms with Gasteiger partial charge in [0.25, 0.3) is 15.9 Å². The third-order valence-electron chi connectivity index (χ3n) is 3.60. The number of rotatable bonds is 7. The van der Waals surface area contributed by atoms with Gasteiger partial charge in [-0.2, -0.15) is 11.8 Å². The van der Waals surface area contributed by atoms with E-state index in [0.29, 0.717) is 16.4 Å². The topological polar surface area (TPSA) is 88.2 Å². The third kappa shape index (κ3) is 5.09. The molecule has 0 unspecified atom stereocenters. The number of sulfonamides is 1. The molecule has 0 atom stereocenters. The number of thiazole rings is 1. The molecule has 0 bridgehead atoms. The van der Waals surface area contributed by atoms with Crippen LogP contribution >= 0.6 is 23.1 Å². The number of carbonyl (C=O) groups is 1. The fraction of sp³-hybridized carbons (Fsp3) is 0.111. The minimum absolute atomic E-state index is 0.0946. The molecule has 3 aromatic rings. The number of nitrogens with zero attached hydrogens (tertiary/aromatic N) is 1. The van der Waals surface area contributed by atoms with E-state index in [4.69, 9.17) is 0 Å². The van der Waals surface area contributed by atoms with Crippen LogP contribution in [0.5, 0.6) is 0 Å². The molecule has 6 nitrogen and oxygen atoms in total. The summed E-state index contributed by atoms with van der Waals surface area (Å²) in [5.41, 5.74) is 2.21. The zero-order chi connectivity index (χ0) is 19.3. The van der Waals surface area contributed by atoms with Gasteiger partial charge < -0.3 is 5.32 Å². The Morgan fingerprint density at radius 3 is 2.41 bits per heavy atom. The lowest BCUT2D eigenvalue weighted by Gasteiger charge is -2.08. The van der Waals surface area contributed by atoms with Crippen LogP contribution in [0.2, 0.25) is 0 Å². The first kappa shape index (κ1) is 19.4. The van der Waals surface area contributed by atoms with Gasteiger partial charge in [-0.15, -0.1) is 11.3 Å². The standard InChI is InChI=1S/C18H17N3O3S3/c1-25-12-13-2-4-14(5-3-13)17(22)20-15-6-8-16(9-7-15)27(23,24)21-18-19-10-11-26-18/h2-11H,12H2,1H3,(H,19,21)(H,20,22). The van der Waals surface area contributed by atoms with E-state index in [0.717, 1.165) is 11.3 Å². The van der Waals surface area contributed by atoms with Crippen molar-refractivity contribution in [1.82, 2.24) is 4.98 Å². The van der Waals surface area contributed by atoms with Crippen molar-refractivity contribution in [3.05, 3.63) is 71.2 Å². The van der Waals surface area contributed by atoms with Crippen molar-refractivity contribution >= 4 is 49.8 Å². The van der Waals surface area contributed by atoms with Gasteiger partial charge in [-0.3, -0.25) is 9.52 Å². The Labute approximate surface area is 166 Å². The number of benzene rings is 2. The van der Waals surface area contributed by atoms with E-state index in [-0.39, 0.29) is 10.8 Å². The molecule has 2 N–H and O–H groups in total. The summed E-state index contributed by atoms with van der Waals surface area (Å²) in [6.07, 6.45) is 3.55. The van der Waals surface area contributed by atoms with Crippen LogP contribution < -0.4 is 10.0 Å². The lowest BCUT2D eigenvalue weighted by atomic mass is 10.1. The largest absolute Gasteiger partial charge is 0.322 e. The first-order chi connectivity index (χ1) is 13.0. The SMILES string of the molecule is CSCc1ccc(C(=O)Nc2ccc(S(=O)(=O)Nc3nccs3)cc2)cc1. The first-order valence-electron chi connectivity index (χ1n) is 7.89. The highest BCUT2D eigenvalue weighted by atomic mass is 32.2. The molecule has 2 aromatic carbocycles. The zero-order valence-electron chi connectivity index (χ0n) is 14.4. The van der Waals surface area contributed by atoms with E-state index >= 15 is 0 Å². The molecular formula is C18H17N3O3S3. The Balaban J connectivity index is 1.67. The minimum Gasteiger partial charge on any atom is -0.322 e. The number of anilines is 2. The van der Waals surface area contributed by atoms with Crippen LogP contribution in [-0.4, -0.2) is 25.6 Å². The molecule has 0 saturated carbocycles. The lowest BCUT2D eigenvalue weighted by Crippen LogP contribution is -2.14. The predicted octanol–water partition coefficient (Wildman–Crippen LogP) is 4.06. The smallest absolute Gasteiger partial charge is 0.263 e. The fourth-order valence-electron chi connectivity index (χ4n) is 2.29. The molecule has 27 heavy (non-hydrogen) atoms. The van der Waals surface area contributed by atoms with E-state index in [9.17, 15) is 13.2 Å². The maximum absolute atomic E-state index is 12.3. The van der Waals surface area contributed by atoms with E-state index < -0.39 is 10.0 Å². The van der Waals surface area contributed by atoms with Gasteiger partial charge in [0.05, 0.1) is 4.90 Å². The summed E-state index contributed by atoms with van der Waals surface area (Å²) in [4.78, 5) is 16.3. The molecule has 3 rings (SSSR count). The quantitative estimate of drug-likeness (QED) is 0.603. The number of thioether (sulfide) groups is 1. The van der Waals surface area contributed by atoms with Crippen LogP contribution in [0, 0.1) is 0 Å². The van der Waals surface area contributed by atoms with Crippen LogP contribution in [0.15, 0.2) is 65.0 Å². The molecule has 0 aliphatic heterocycles. The summed E-state index contributed by atoms with van der Waals surface area (Å²) in [5, 5.41) is 4.75. The van der Waals surface area contributed by atoms with E-state index in [2.05, 4.69) is 15.0 Å². The highest BCUT2D eigenvalue weighted by Gasteiger charge is 2.15. The van der Waals surface area contributed by atoms with Gasteiger partial charge in [-0.25, -0.2) is 13.4 Å². The van der Waals surface area contributed by atoms with Gasteiger partial charge in [0, 0.05) is 28.6 Å². The Morgan fingerprint density at radius 1 is 1.11 bits per heavy atom. The normalized spacial score (nSPS) is 11.1. The second-order valence-electron chi connectivity index (χ2n) is 5.55. The Bertz CT molecular complexity index is 1000. The van der Waals surface area contributed by atoms with Crippen LogP contribution in [0.3, 0.4) is 0 Å². The molecule has 0 radical (unpaired) electrons. The number of nitrogens with one attached hydrogen (secondary N) is 2. The molecule has 0 saturated heterocycles. The lowest BCUT2D eigenvalue weighted by molar-refractivity contribution is 0.102. The average Bonchev–Trinajstić information content (AvgIpc) is 3.15. The minimum atomic E-state index is -3.71. The fourth-order valence-corrected chi connectivity index (χ4v) is 4.60. The molecule has 0 aliphatic carbocycles. The van der Waals surface area contributed by atoms with Gasteiger partial charge in [-0.05, 0) is 48.2 Å². The van der Waals surface area contributed by atoms with Crippen LogP contribution in [-0.2, 0) is 15.8 Å². The maximum atomic E-state index is 12.3. The van der Waals surface area contributed by atoms with Crippen LogP contribution in [0.1, 0.15) is 15.9 Å². The molecule has 9 heteroatoms. The second kappa shape index (κ2) is 8.55.